The third-order valence-corrected chi connectivity index (χ3v) is 3.64. The van der Waals surface area contributed by atoms with Gasteiger partial charge in [0.05, 0.1) is 39.2 Å². The van der Waals surface area contributed by atoms with E-state index in [4.69, 9.17) is 0 Å². The molecule has 3 rings (SSSR count). The molecule has 1 heterocycles. The molecular formula is C15H9FN4O5. The summed E-state index contributed by atoms with van der Waals surface area (Å²) in [4.78, 5) is 37.0. The third kappa shape index (κ3) is 2.92. The Morgan fingerprint density at radius 3 is 2.56 bits per heavy atom. The van der Waals surface area contributed by atoms with E-state index in [1.165, 1.54) is 18.2 Å². The van der Waals surface area contributed by atoms with Crippen LogP contribution >= 0.6 is 0 Å². The maximum absolute atomic E-state index is 14.0. The minimum atomic E-state index is -0.833. The molecule has 9 nitrogen and oxygen atoms in total. The van der Waals surface area contributed by atoms with Crippen molar-refractivity contribution in [3.05, 3.63) is 84.7 Å². The predicted octanol–water partition coefficient (Wildman–Crippen LogP) is 2.40. The number of benzene rings is 2. The van der Waals surface area contributed by atoms with Crippen molar-refractivity contribution in [2.45, 2.75) is 6.54 Å². The van der Waals surface area contributed by atoms with Crippen LogP contribution in [0, 0.1) is 26.0 Å². The number of halogens is 1. The molecular weight excluding hydrogens is 335 g/mol. The van der Waals surface area contributed by atoms with E-state index in [-0.39, 0.29) is 22.2 Å². The lowest BCUT2D eigenvalue weighted by Gasteiger charge is -2.08. The Morgan fingerprint density at radius 1 is 1.12 bits per heavy atom. The van der Waals surface area contributed by atoms with Gasteiger partial charge in [-0.05, 0) is 12.1 Å². The normalized spacial score (nSPS) is 10.8. The number of nitrogens with zero attached hydrogens (tertiary/aromatic N) is 4. The van der Waals surface area contributed by atoms with Crippen molar-refractivity contribution < 1.29 is 14.2 Å². The molecule has 10 heteroatoms. The van der Waals surface area contributed by atoms with E-state index in [0.29, 0.717) is 0 Å². The summed E-state index contributed by atoms with van der Waals surface area (Å²) in [6, 6.07) is 6.97. The summed E-state index contributed by atoms with van der Waals surface area (Å²) < 4.78 is 15.0. The molecule has 0 unspecified atom stereocenters. The summed E-state index contributed by atoms with van der Waals surface area (Å²) >= 11 is 0. The number of rotatable bonds is 4. The van der Waals surface area contributed by atoms with Crippen LogP contribution in [-0.2, 0) is 6.54 Å². The molecule has 1 aromatic heterocycles. The van der Waals surface area contributed by atoms with E-state index >= 15 is 0 Å². The summed E-state index contributed by atoms with van der Waals surface area (Å²) in [5.74, 6) is -0.833. The van der Waals surface area contributed by atoms with Gasteiger partial charge in [0.15, 0.2) is 0 Å². The molecule has 0 saturated carbocycles. The molecule has 126 valence electrons. The smallest absolute Gasteiger partial charge is 0.277 e. The van der Waals surface area contributed by atoms with E-state index < -0.39 is 33.5 Å². The van der Waals surface area contributed by atoms with E-state index in [9.17, 15) is 29.4 Å². The van der Waals surface area contributed by atoms with Crippen LogP contribution in [-0.4, -0.2) is 19.4 Å². The van der Waals surface area contributed by atoms with Crippen molar-refractivity contribution in [2.75, 3.05) is 0 Å². The van der Waals surface area contributed by atoms with Crippen molar-refractivity contribution in [1.29, 1.82) is 0 Å². The molecule has 0 aliphatic rings. The summed E-state index contributed by atoms with van der Waals surface area (Å²) in [6.07, 6.45) is 1.12. The summed E-state index contributed by atoms with van der Waals surface area (Å²) in [7, 11) is 0. The van der Waals surface area contributed by atoms with Gasteiger partial charge in [0, 0.05) is 18.2 Å². The zero-order valence-electron chi connectivity index (χ0n) is 12.5. The van der Waals surface area contributed by atoms with Gasteiger partial charge < -0.3 is 0 Å². The standard InChI is InChI=1S/C15H9FN4O5/c16-12-2-1-3-14(20(24)25)11(12)7-18-8-17-13-5-4-9(19(22)23)6-10(13)15(18)21/h1-6,8H,7H2. The van der Waals surface area contributed by atoms with E-state index in [2.05, 4.69) is 4.98 Å². The maximum Gasteiger partial charge on any atom is 0.277 e. The molecule has 0 N–H and O–H groups in total. The van der Waals surface area contributed by atoms with Gasteiger partial charge in [-0.25, -0.2) is 9.37 Å². The highest BCUT2D eigenvalue weighted by Crippen LogP contribution is 2.22. The molecule has 25 heavy (non-hydrogen) atoms. The van der Waals surface area contributed by atoms with Gasteiger partial charge in [-0.2, -0.15) is 0 Å². The molecule has 0 spiro atoms. The van der Waals surface area contributed by atoms with E-state index in [0.717, 1.165) is 29.1 Å². The van der Waals surface area contributed by atoms with Gasteiger partial charge in [0.25, 0.3) is 16.9 Å². The van der Waals surface area contributed by atoms with Crippen LogP contribution in [0.3, 0.4) is 0 Å². The van der Waals surface area contributed by atoms with Gasteiger partial charge in [0.1, 0.15) is 5.82 Å². The fourth-order valence-electron chi connectivity index (χ4n) is 2.42. The first-order chi connectivity index (χ1) is 11.9. The van der Waals surface area contributed by atoms with Gasteiger partial charge >= 0.3 is 0 Å². The minimum absolute atomic E-state index is 0.0318. The van der Waals surface area contributed by atoms with Crippen molar-refractivity contribution >= 4 is 22.3 Å². The number of non-ortho nitro benzene ring substituents is 1. The van der Waals surface area contributed by atoms with Crippen LogP contribution in [0.15, 0.2) is 47.5 Å². The molecule has 0 bridgehead atoms. The first-order valence-electron chi connectivity index (χ1n) is 6.94. The number of nitro benzene ring substituents is 2. The molecule has 0 atom stereocenters. The van der Waals surface area contributed by atoms with Gasteiger partial charge in [-0.3, -0.25) is 29.6 Å². The SMILES string of the molecule is O=c1c2cc([N+](=O)[O-])ccc2ncn1Cc1c(F)cccc1[N+](=O)[O-]. The largest absolute Gasteiger partial charge is 0.294 e. The molecule has 2 aromatic carbocycles. The zero-order chi connectivity index (χ0) is 18.1. The second kappa shape index (κ2) is 6.07. The summed E-state index contributed by atoms with van der Waals surface area (Å²) in [5.41, 5.74) is -1.46. The van der Waals surface area contributed by atoms with Crippen LogP contribution in [0.5, 0.6) is 0 Å². The summed E-state index contributed by atoms with van der Waals surface area (Å²) in [5, 5.41) is 21.9. The molecule has 0 aliphatic carbocycles. The van der Waals surface area contributed by atoms with Gasteiger partial charge in [-0.15, -0.1) is 0 Å². The Bertz CT molecular complexity index is 1080. The number of hydrogen-bond acceptors (Lipinski definition) is 6. The Kier molecular flexibility index (Phi) is 3.93. The average Bonchev–Trinajstić information content (AvgIpc) is 2.58. The quantitative estimate of drug-likeness (QED) is 0.529. The number of fused-ring (bicyclic) bond motifs is 1. The van der Waals surface area contributed by atoms with E-state index in [1.54, 1.807) is 0 Å². The van der Waals surface area contributed by atoms with E-state index in [1.807, 2.05) is 0 Å². The van der Waals surface area contributed by atoms with Crippen molar-refractivity contribution in [3.8, 4) is 0 Å². The first kappa shape index (κ1) is 16.2. The fraction of sp³-hybridized carbons (Fsp3) is 0.0667. The van der Waals surface area contributed by atoms with Crippen molar-refractivity contribution in [1.82, 2.24) is 9.55 Å². The maximum atomic E-state index is 14.0. The van der Waals surface area contributed by atoms with Gasteiger partial charge in [0.2, 0.25) is 0 Å². The topological polar surface area (TPSA) is 121 Å². The first-order valence-corrected chi connectivity index (χ1v) is 6.94. The highest BCUT2D eigenvalue weighted by molar-refractivity contribution is 5.79. The van der Waals surface area contributed by atoms with Crippen LogP contribution in [0.4, 0.5) is 15.8 Å². The monoisotopic (exact) mass is 344 g/mol. The van der Waals surface area contributed by atoms with Crippen LogP contribution in [0.25, 0.3) is 10.9 Å². The Labute approximate surface area is 138 Å². The Hall–Kier alpha value is -3.69. The second-order valence-electron chi connectivity index (χ2n) is 5.13. The lowest BCUT2D eigenvalue weighted by atomic mass is 10.1. The van der Waals surface area contributed by atoms with Crippen LogP contribution < -0.4 is 5.56 Å². The number of nitro groups is 2. The predicted molar refractivity (Wildman–Crippen MR) is 84.8 cm³/mol. The highest BCUT2D eigenvalue weighted by Gasteiger charge is 2.19. The molecule has 3 aromatic rings. The molecule has 0 fully saturated rings. The Balaban J connectivity index is 2.15. The average molecular weight is 344 g/mol. The lowest BCUT2D eigenvalue weighted by molar-refractivity contribution is -0.385. The summed E-state index contributed by atoms with van der Waals surface area (Å²) in [6.45, 7) is -0.423. The molecule has 0 radical (unpaired) electrons. The van der Waals surface area contributed by atoms with Crippen LogP contribution in [0.1, 0.15) is 5.56 Å². The fourth-order valence-corrected chi connectivity index (χ4v) is 2.42. The molecule has 0 saturated heterocycles. The van der Waals surface area contributed by atoms with Crippen LogP contribution in [0.2, 0.25) is 0 Å². The van der Waals surface area contributed by atoms with Gasteiger partial charge in [-0.1, -0.05) is 6.07 Å². The second-order valence-corrected chi connectivity index (χ2v) is 5.13. The third-order valence-electron chi connectivity index (χ3n) is 3.64. The molecule has 0 aliphatic heterocycles. The minimum Gasteiger partial charge on any atom is -0.294 e. The molecule has 0 amide bonds. The Morgan fingerprint density at radius 2 is 1.88 bits per heavy atom. The zero-order valence-corrected chi connectivity index (χ0v) is 12.5. The lowest BCUT2D eigenvalue weighted by Crippen LogP contribution is -2.22. The highest BCUT2D eigenvalue weighted by atomic mass is 19.1. The van der Waals surface area contributed by atoms with Crippen molar-refractivity contribution in [3.63, 3.8) is 0 Å². The number of aromatic nitrogens is 2. The van der Waals surface area contributed by atoms with Crippen molar-refractivity contribution in [2.24, 2.45) is 0 Å². The number of hydrogen-bond donors (Lipinski definition) is 0.